The van der Waals surface area contributed by atoms with Crippen LogP contribution in [0.2, 0.25) is 5.02 Å². The first kappa shape index (κ1) is 15.6. The van der Waals surface area contributed by atoms with Crippen molar-refractivity contribution in [3.05, 3.63) is 79.6 Å². The van der Waals surface area contributed by atoms with Crippen LogP contribution in [-0.2, 0) is 0 Å². The van der Waals surface area contributed by atoms with Crippen LogP contribution in [0.5, 0.6) is 0 Å². The lowest BCUT2D eigenvalue weighted by Crippen LogP contribution is -2.26. The van der Waals surface area contributed by atoms with E-state index in [-0.39, 0.29) is 11.9 Å². The highest BCUT2D eigenvalue weighted by Crippen LogP contribution is 2.36. The first-order chi connectivity index (χ1) is 11.7. The van der Waals surface area contributed by atoms with E-state index in [0.717, 1.165) is 22.6 Å². The zero-order chi connectivity index (χ0) is 16.5. The van der Waals surface area contributed by atoms with Crippen molar-refractivity contribution in [3.63, 3.8) is 0 Å². The van der Waals surface area contributed by atoms with Gasteiger partial charge >= 0.3 is 0 Å². The van der Waals surface area contributed by atoms with E-state index in [4.69, 9.17) is 11.6 Å². The van der Waals surface area contributed by atoms with Gasteiger partial charge in [-0.15, -0.1) is 11.3 Å². The van der Waals surface area contributed by atoms with E-state index in [1.807, 2.05) is 22.9 Å². The summed E-state index contributed by atoms with van der Waals surface area (Å²) in [6.45, 7) is 0. The van der Waals surface area contributed by atoms with Gasteiger partial charge in [-0.25, -0.2) is 5.01 Å². The fraction of sp³-hybridized carbons (Fsp3) is 0.111. The first-order valence-electron chi connectivity index (χ1n) is 7.45. The number of carbonyl (C=O) groups is 1. The molecule has 0 N–H and O–H groups in total. The van der Waals surface area contributed by atoms with Crippen LogP contribution in [0.1, 0.15) is 33.3 Å². The summed E-state index contributed by atoms with van der Waals surface area (Å²) in [7, 11) is 0. The number of halogens is 1. The van der Waals surface area contributed by atoms with Crippen molar-refractivity contribution < 1.29 is 4.79 Å². The standard InChI is InChI=1S/C18H13ClN2OS2/c19-14-4-1-3-12(9-14)18(22)21-16(17-5-2-7-24-17)10-15(20-21)13-6-8-23-11-13/h1-9,11,16H,10H2/t16-/m1/s1. The fourth-order valence-corrected chi connectivity index (χ4v) is 4.42. The SMILES string of the molecule is O=C(c1cccc(Cl)c1)N1N=C(c2ccsc2)C[C@@H]1c1cccs1. The van der Waals surface area contributed by atoms with Crippen molar-refractivity contribution in [3.8, 4) is 0 Å². The van der Waals surface area contributed by atoms with E-state index < -0.39 is 0 Å². The molecule has 1 aliphatic rings. The lowest BCUT2D eigenvalue weighted by Gasteiger charge is -2.20. The number of hydrogen-bond acceptors (Lipinski definition) is 4. The number of hydrogen-bond donors (Lipinski definition) is 0. The van der Waals surface area contributed by atoms with Crippen LogP contribution < -0.4 is 0 Å². The molecule has 3 heterocycles. The van der Waals surface area contributed by atoms with Crippen LogP contribution in [0.15, 0.2) is 63.7 Å². The molecule has 120 valence electrons. The zero-order valence-electron chi connectivity index (χ0n) is 12.6. The first-order valence-corrected chi connectivity index (χ1v) is 9.65. The molecule has 6 heteroatoms. The van der Waals surface area contributed by atoms with Crippen LogP contribution in [-0.4, -0.2) is 16.6 Å². The maximum absolute atomic E-state index is 13.0. The molecule has 0 spiro atoms. The van der Waals surface area contributed by atoms with Gasteiger partial charge in [-0.2, -0.15) is 16.4 Å². The molecular weight excluding hydrogens is 360 g/mol. The van der Waals surface area contributed by atoms with Crippen LogP contribution in [0, 0.1) is 0 Å². The smallest absolute Gasteiger partial charge is 0.267 e. The highest BCUT2D eigenvalue weighted by molar-refractivity contribution is 7.10. The van der Waals surface area contributed by atoms with Crippen LogP contribution >= 0.6 is 34.3 Å². The van der Waals surface area contributed by atoms with Gasteiger partial charge in [-0.3, -0.25) is 4.79 Å². The summed E-state index contributed by atoms with van der Waals surface area (Å²) in [5, 5.41) is 12.9. The molecule has 2 aromatic heterocycles. The maximum Gasteiger partial charge on any atom is 0.274 e. The molecule has 0 radical (unpaired) electrons. The van der Waals surface area contributed by atoms with E-state index in [1.54, 1.807) is 51.9 Å². The Hall–Kier alpha value is -1.95. The van der Waals surface area contributed by atoms with Gasteiger partial charge in [0.1, 0.15) is 0 Å². The molecule has 4 rings (SSSR count). The Bertz CT molecular complexity index is 888. The van der Waals surface area contributed by atoms with E-state index in [0.29, 0.717) is 10.6 Å². The predicted octanol–water partition coefficient (Wildman–Crippen LogP) is 5.45. The molecule has 3 aromatic rings. The van der Waals surface area contributed by atoms with Crippen molar-refractivity contribution in [2.24, 2.45) is 5.10 Å². The van der Waals surface area contributed by atoms with Crippen molar-refractivity contribution in [1.82, 2.24) is 5.01 Å². The Labute approximate surface area is 152 Å². The van der Waals surface area contributed by atoms with Gasteiger partial charge in [0.25, 0.3) is 5.91 Å². The topological polar surface area (TPSA) is 32.7 Å². The second kappa shape index (κ2) is 6.51. The molecule has 1 aliphatic heterocycles. The van der Waals surface area contributed by atoms with Crippen molar-refractivity contribution in [2.75, 3.05) is 0 Å². The van der Waals surface area contributed by atoms with E-state index >= 15 is 0 Å². The molecule has 0 fully saturated rings. The lowest BCUT2D eigenvalue weighted by molar-refractivity contribution is 0.0714. The Balaban J connectivity index is 1.72. The van der Waals surface area contributed by atoms with Crippen molar-refractivity contribution >= 4 is 45.9 Å². The number of nitrogens with zero attached hydrogens (tertiary/aromatic N) is 2. The summed E-state index contributed by atoms with van der Waals surface area (Å²) in [6.07, 6.45) is 0.726. The predicted molar refractivity (Wildman–Crippen MR) is 100 cm³/mol. The average Bonchev–Trinajstić information content (AvgIpc) is 3.32. The summed E-state index contributed by atoms with van der Waals surface area (Å²) in [6, 6.07) is 13.1. The maximum atomic E-state index is 13.0. The monoisotopic (exact) mass is 372 g/mol. The minimum Gasteiger partial charge on any atom is -0.267 e. The fourth-order valence-electron chi connectivity index (χ4n) is 2.76. The average molecular weight is 373 g/mol. The minimum absolute atomic E-state index is 0.0635. The third-order valence-electron chi connectivity index (χ3n) is 3.92. The number of thiophene rings is 2. The van der Waals surface area contributed by atoms with Gasteiger partial charge < -0.3 is 0 Å². The normalized spacial score (nSPS) is 17.1. The summed E-state index contributed by atoms with van der Waals surface area (Å²) in [5.41, 5.74) is 2.59. The molecule has 1 atom stereocenters. The number of amides is 1. The van der Waals surface area contributed by atoms with E-state index in [2.05, 4.69) is 16.5 Å². The van der Waals surface area contributed by atoms with Crippen LogP contribution in [0.3, 0.4) is 0 Å². The molecule has 0 bridgehead atoms. The van der Waals surface area contributed by atoms with Gasteiger partial charge in [0.05, 0.1) is 11.8 Å². The number of carbonyl (C=O) groups excluding carboxylic acids is 1. The zero-order valence-corrected chi connectivity index (χ0v) is 14.9. The van der Waals surface area contributed by atoms with Gasteiger partial charge in [0.2, 0.25) is 0 Å². The van der Waals surface area contributed by atoms with Gasteiger partial charge in [-0.1, -0.05) is 23.7 Å². The van der Waals surface area contributed by atoms with Crippen molar-refractivity contribution in [2.45, 2.75) is 12.5 Å². The summed E-state index contributed by atoms with van der Waals surface area (Å²) in [5.74, 6) is -0.124. The summed E-state index contributed by atoms with van der Waals surface area (Å²) in [4.78, 5) is 14.1. The van der Waals surface area contributed by atoms with Crippen LogP contribution in [0.25, 0.3) is 0 Å². The molecule has 0 aliphatic carbocycles. The Morgan fingerprint density at radius 3 is 2.83 bits per heavy atom. The number of benzene rings is 1. The molecule has 0 unspecified atom stereocenters. The molecule has 0 saturated heterocycles. The van der Waals surface area contributed by atoms with E-state index in [9.17, 15) is 4.79 Å². The highest BCUT2D eigenvalue weighted by atomic mass is 35.5. The second-order valence-electron chi connectivity index (χ2n) is 5.45. The summed E-state index contributed by atoms with van der Waals surface area (Å²) < 4.78 is 0. The Kier molecular flexibility index (Phi) is 4.22. The second-order valence-corrected chi connectivity index (χ2v) is 7.65. The molecule has 1 amide bonds. The largest absolute Gasteiger partial charge is 0.274 e. The summed E-state index contributed by atoms with van der Waals surface area (Å²) >= 11 is 9.32. The third-order valence-corrected chi connectivity index (χ3v) is 5.81. The number of hydrazone groups is 1. The molecule has 0 saturated carbocycles. The van der Waals surface area contributed by atoms with Gasteiger partial charge in [-0.05, 0) is 46.5 Å². The van der Waals surface area contributed by atoms with Gasteiger partial charge in [0, 0.05) is 27.4 Å². The Morgan fingerprint density at radius 1 is 1.21 bits per heavy atom. The molecule has 24 heavy (non-hydrogen) atoms. The quantitative estimate of drug-likeness (QED) is 0.601. The molecule has 3 nitrogen and oxygen atoms in total. The van der Waals surface area contributed by atoms with Crippen molar-refractivity contribution in [1.29, 1.82) is 0 Å². The Morgan fingerprint density at radius 2 is 2.12 bits per heavy atom. The highest BCUT2D eigenvalue weighted by Gasteiger charge is 2.34. The molecule has 1 aromatic carbocycles. The number of rotatable bonds is 3. The molecular formula is C18H13ClN2OS2. The van der Waals surface area contributed by atoms with E-state index in [1.165, 1.54) is 0 Å². The minimum atomic E-state index is -0.124. The lowest BCUT2D eigenvalue weighted by atomic mass is 10.1. The van der Waals surface area contributed by atoms with Gasteiger partial charge in [0.15, 0.2) is 0 Å². The van der Waals surface area contributed by atoms with Crippen LogP contribution in [0.4, 0.5) is 0 Å². The third kappa shape index (κ3) is 2.90.